The SMILES string of the molecule is CCCC(CCC)C(=O)NCCn1nc(-c2ccccc2)n(C)c1=O. The van der Waals surface area contributed by atoms with E-state index in [1.807, 2.05) is 30.3 Å². The molecule has 1 amide bonds. The lowest BCUT2D eigenvalue weighted by atomic mass is 9.97. The van der Waals surface area contributed by atoms with Crippen molar-refractivity contribution in [3.8, 4) is 11.4 Å². The van der Waals surface area contributed by atoms with Gasteiger partial charge in [0.1, 0.15) is 0 Å². The smallest absolute Gasteiger partial charge is 0.345 e. The van der Waals surface area contributed by atoms with Crippen LogP contribution >= 0.6 is 0 Å². The first kappa shape index (κ1) is 19.0. The molecule has 2 rings (SSSR count). The fourth-order valence-corrected chi connectivity index (χ4v) is 3.00. The summed E-state index contributed by atoms with van der Waals surface area (Å²) in [5.41, 5.74) is 0.725. The minimum absolute atomic E-state index is 0.0651. The Morgan fingerprint density at radius 2 is 1.80 bits per heavy atom. The van der Waals surface area contributed by atoms with Crippen LogP contribution in [0.3, 0.4) is 0 Å². The molecule has 0 aliphatic heterocycles. The average molecular weight is 344 g/mol. The van der Waals surface area contributed by atoms with E-state index in [9.17, 15) is 9.59 Å². The van der Waals surface area contributed by atoms with Gasteiger partial charge < -0.3 is 5.32 Å². The van der Waals surface area contributed by atoms with Crippen molar-refractivity contribution in [1.29, 1.82) is 0 Å². The van der Waals surface area contributed by atoms with E-state index < -0.39 is 0 Å². The molecule has 0 aliphatic carbocycles. The lowest BCUT2D eigenvalue weighted by molar-refractivity contribution is -0.125. The highest BCUT2D eigenvalue weighted by atomic mass is 16.2. The molecule has 2 aromatic rings. The summed E-state index contributed by atoms with van der Waals surface area (Å²) in [5, 5.41) is 7.36. The van der Waals surface area contributed by atoms with Gasteiger partial charge in [0.25, 0.3) is 0 Å². The molecule has 25 heavy (non-hydrogen) atoms. The summed E-state index contributed by atoms with van der Waals surface area (Å²) in [6.07, 6.45) is 3.80. The number of hydrogen-bond donors (Lipinski definition) is 1. The first-order valence-corrected chi connectivity index (χ1v) is 9.05. The molecule has 0 saturated heterocycles. The zero-order valence-electron chi connectivity index (χ0n) is 15.4. The van der Waals surface area contributed by atoms with E-state index in [4.69, 9.17) is 0 Å². The molecule has 0 unspecified atom stereocenters. The van der Waals surface area contributed by atoms with Crippen LogP contribution < -0.4 is 11.0 Å². The summed E-state index contributed by atoms with van der Waals surface area (Å²) < 4.78 is 2.95. The van der Waals surface area contributed by atoms with E-state index in [0.29, 0.717) is 18.9 Å². The highest BCUT2D eigenvalue weighted by molar-refractivity contribution is 5.78. The van der Waals surface area contributed by atoms with Gasteiger partial charge in [-0.05, 0) is 12.8 Å². The molecule has 136 valence electrons. The molecular weight excluding hydrogens is 316 g/mol. The molecule has 6 heteroatoms. The molecule has 0 aliphatic rings. The zero-order valence-corrected chi connectivity index (χ0v) is 15.4. The van der Waals surface area contributed by atoms with Crippen molar-refractivity contribution in [2.75, 3.05) is 6.54 Å². The lowest BCUT2D eigenvalue weighted by Crippen LogP contribution is -2.35. The zero-order chi connectivity index (χ0) is 18.2. The monoisotopic (exact) mass is 344 g/mol. The van der Waals surface area contributed by atoms with Gasteiger partial charge in [0.2, 0.25) is 5.91 Å². The third-order valence-corrected chi connectivity index (χ3v) is 4.34. The molecule has 1 aromatic heterocycles. The summed E-state index contributed by atoms with van der Waals surface area (Å²) >= 11 is 0. The molecular formula is C19H28N4O2. The van der Waals surface area contributed by atoms with E-state index in [0.717, 1.165) is 31.2 Å². The van der Waals surface area contributed by atoms with E-state index in [1.165, 1.54) is 9.25 Å². The number of aromatic nitrogens is 3. The minimum atomic E-state index is -0.174. The van der Waals surface area contributed by atoms with Gasteiger partial charge in [-0.15, -0.1) is 5.10 Å². The van der Waals surface area contributed by atoms with Crippen LogP contribution in [0.5, 0.6) is 0 Å². The molecule has 1 heterocycles. The first-order valence-electron chi connectivity index (χ1n) is 9.05. The van der Waals surface area contributed by atoms with Gasteiger partial charge in [0, 0.05) is 25.1 Å². The maximum atomic E-state index is 12.3. The van der Waals surface area contributed by atoms with Crippen molar-refractivity contribution >= 4 is 5.91 Å². The maximum absolute atomic E-state index is 12.3. The Morgan fingerprint density at radius 1 is 1.16 bits per heavy atom. The molecule has 0 saturated carbocycles. The molecule has 6 nitrogen and oxygen atoms in total. The van der Waals surface area contributed by atoms with Crippen molar-refractivity contribution in [2.45, 2.75) is 46.1 Å². The van der Waals surface area contributed by atoms with E-state index in [-0.39, 0.29) is 17.5 Å². The summed E-state index contributed by atoms with van der Waals surface area (Å²) in [5.74, 6) is 0.776. The topological polar surface area (TPSA) is 68.9 Å². The van der Waals surface area contributed by atoms with Crippen LogP contribution in [-0.4, -0.2) is 26.8 Å². The normalized spacial score (nSPS) is 11.0. The summed E-state index contributed by atoms with van der Waals surface area (Å²) in [6.45, 7) is 4.97. The number of rotatable bonds is 9. The molecule has 0 atom stereocenters. The number of carbonyl (C=O) groups excluding carboxylic acids is 1. The molecule has 0 radical (unpaired) electrons. The van der Waals surface area contributed by atoms with Crippen molar-refractivity contribution in [3.63, 3.8) is 0 Å². The molecule has 1 N–H and O–H groups in total. The van der Waals surface area contributed by atoms with Crippen molar-refractivity contribution in [1.82, 2.24) is 19.7 Å². The Balaban J connectivity index is 2.00. The highest BCUT2D eigenvalue weighted by Gasteiger charge is 2.16. The number of nitrogens with zero attached hydrogens (tertiary/aromatic N) is 3. The fraction of sp³-hybridized carbons (Fsp3) is 0.526. The summed E-state index contributed by atoms with van der Waals surface area (Å²) in [7, 11) is 1.71. The third kappa shape index (κ3) is 4.81. The lowest BCUT2D eigenvalue weighted by Gasteiger charge is -2.14. The second-order valence-corrected chi connectivity index (χ2v) is 6.32. The first-order chi connectivity index (χ1) is 12.1. The molecule has 0 spiro atoms. The largest absolute Gasteiger partial charge is 0.354 e. The fourth-order valence-electron chi connectivity index (χ4n) is 3.00. The number of benzene rings is 1. The Morgan fingerprint density at radius 3 is 2.40 bits per heavy atom. The predicted molar refractivity (Wildman–Crippen MR) is 99.2 cm³/mol. The van der Waals surface area contributed by atoms with Crippen LogP contribution in [0.15, 0.2) is 35.1 Å². The van der Waals surface area contributed by atoms with Crippen LogP contribution in [0.2, 0.25) is 0 Å². The number of carbonyl (C=O) groups is 1. The van der Waals surface area contributed by atoms with Crippen LogP contribution in [0.1, 0.15) is 39.5 Å². The van der Waals surface area contributed by atoms with Crippen LogP contribution in [0, 0.1) is 5.92 Å². The van der Waals surface area contributed by atoms with Gasteiger partial charge >= 0.3 is 5.69 Å². The van der Waals surface area contributed by atoms with Crippen molar-refractivity contribution < 1.29 is 4.79 Å². The van der Waals surface area contributed by atoms with E-state index >= 15 is 0 Å². The second-order valence-electron chi connectivity index (χ2n) is 6.32. The van der Waals surface area contributed by atoms with E-state index in [1.54, 1.807) is 7.05 Å². The third-order valence-electron chi connectivity index (χ3n) is 4.34. The number of hydrogen-bond acceptors (Lipinski definition) is 3. The summed E-state index contributed by atoms with van der Waals surface area (Å²) in [4.78, 5) is 24.6. The van der Waals surface area contributed by atoms with Crippen LogP contribution in [0.4, 0.5) is 0 Å². The standard InChI is InChI=1S/C19H28N4O2/c1-4-9-16(10-5-2)18(24)20-13-14-23-19(25)22(3)17(21-23)15-11-7-6-8-12-15/h6-8,11-12,16H,4-5,9-10,13-14H2,1-3H3,(H,20,24). The second kappa shape index (κ2) is 9.20. The average Bonchev–Trinajstić information content (AvgIpc) is 2.91. The Labute approximate surface area is 148 Å². The number of amides is 1. The van der Waals surface area contributed by atoms with Gasteiger partial charge in [0.05, 0.1) is 6.54 Å². The van der Waals surface area contributed by atoms with Crippen molar-refractivity contribution in [2.24, 2.45) is 13.0 Å². The van der Waals surface area contributed by atoms with Gasteiger partial charge in [-0.2, -0.15) is 0 Å². The molecule has 0 bridgehead atoms. The van der Waals surface area contributed by atoms with Crippen LogP contribution in [0.25, 0.3) is 11.4 Å². The molecule has 1 aromatic carbocycles. The predicted octanol–water partition coefficient (Wildman–Crippen LogP) is 2.58. The minimum Gasteiger partial charge on any atom is -0.354 e. The van der Waals surface area contributed by atoms with Gasteiger partial charge in [0.15, 0.2) is 5.82 Å². The Kier molecular flexibility index (Phi) is 6.98. The van der Waals surface area contributed by atoms with Crippen molar-refractivity contribution in [3.05, 3.63) is 40.8 Å². The Hall–Kier alpha value is -2.37. The van der Waals surface area contributed by atoms with Gasteiger partial charge in [-0.1, -0.05) is 57.0 Å². The van der Waals surface area contributed by atoms with Gasteiger partial charge in [-0.25, -0.2) is 9.48 Å². The number of nitrogens with one attached hydrogen (secondary N) is 1. The molecule has 0 fully saturated rings. The van der Waals surface area contributed by atoms with Crippen LogP contribution in [-0.2, 0) is 18.4 Å². The summed E-state index contributed by atoms with van der Waals surface area (Å²) in [6, 6.07) is 9.61. The maximum Gasteiger partial charge on any atom is 0.345 e. The highest BCUT2D eigenvalue weighted by Crippen LogP contribution is 2.14. The van der Waals surface area contributed by atoms with Gasteiger partial charge in [-0.3, -0.25) is 9.36 Å². The quantitative estimate of drug-likeness (QED) is 0.760. The van der Waals surface area contributed by atoms with E-state index in [2.05, 4.69) is 24.3 Å². The Bertz CT molecular complexity index is 728.